The summed E-state index contributed by atoms with van der Waals surface area (Å²) in [5.41, 5.74) is 3.10. The standard InChI is InChI=1S/C21H22N4O/c1-15-12-19(25-21(23-15)17-8-5-10-22-13-17)24-20(18-9-11-26-14-18)16-6-3-2-4-7-16/h2-8,10,12-13,18,20H,9,11,14H2,1H3,(H,23,24,25)/t18-,20+/m1/s1. The van der Waals surface area contributed by atoms with Gasteiger partial charge < -0.3 is 10.1 Å². The van der Waals surface area contributed by atoms with E-state index >= 15 is 0 Å². The zero-order chi connectivity index (χ0) is 17.8. The van der Waals surface area contributed by atoms with Gasteiger partial charge in [-0.25, -0.2) is 9.97 Å². The van der Waals surface area contributed by atoms with Gasteiger partial charge in [-0.05, 0) is 31.0 Å². The highest BCUT2D eigenvalue weighted by Crippen LogP contribution is 2.32. The SMILES string of the molecule is Cc1cc(N[C@@H](c2ccccc2)[C@@H]2CCOC2)nc(-c2cccnc2)n1. The van der Waals surface area contributed by atoms with Crippen LogP contribution in [0.4, 0.5) is 5.82 Å². The molecule has 0 aliphatic carbocycles. The molecule has 1 saturated heterocycles. The van der Waals surface area contributed by atoms with Crippen molar-refractivity contribution in [2.24, 2.45) is 5.92 Å². The number of pyridine rings is 1. The van der Waals surface area contributed by atoms with E-state index in [9.17, 15) is 0 Å². The molecule has 0 radical (unpaired) electrons. The van der Waals surface area contributed by atoms with Crippen molar-refractivity contribution in [1.82, 2.24) is 15.0 Å². The molecule has 1 N–H and O–H groups in total. The molecule has 0 saturated carbocycles. The zero-order valence-electron chi connectivity index (χ0n) is 14.8. The van der Waals surface area contributed by atoms with E-state index in [4.69, 9.17) is 9.72 Å². The number of anilines is 1. The van der Waals surface area contributed by atoms with E-state index in [0.717, 1.165) is 36.7 Å². The summed E-state index contributed by atoms with van der Waals surface area (Å²) < 4.78 is 5.63. The lowest BCUT2D eigenvalue weighted by atomic mass is 9.92. The third-order valence-electron chi connectivity index (χ3n) is 4.67. The summed E-state index contributed by atoms with van der Waals surface area (Å²) in [5.74, 6) is 1.95. The Labute approximate surface area is 153 Å². The van der Waals surface area contributed by atoms with Gasteiger partial charge in [0.15, 0.2) is 5.82 Å². The third-order valence-corrected chi connectivity index (χ3v) is 4.67. The van der Waals surface area contributed by atoms with Crippen LogP contribution in [0.15, 0.2) is 60.9 Å². The molecule has 26 heavy (non-hydrogen) atoms. The van der Waals surface area contributed by atoms with E-state index in [1.807, 2.05) is 31.2 Å². The summed E-state index contributed by atoms with van der Waals surface area (Å²) in [6.45, 7) is 3.58. The van der Waals surface area contributed by atoms with Crippen molar-refractivity contribution in [2.75, 3.05) is 18.5 Å². The molecule has 0 bridgehead atoms. The Morgan fingerprint density at radius 3 is 2.73 bits per heavy atom. The minimum atomic E-state index is 0.162. The summed E-state index contributed by atoms with van der Waals surface area (Å²) >= 11 is 0. The van der Waals surface area contributed by atoms with E-state index < -0.39 is 0 Å². The molecular weight excluding hydrogens is 324 g/mol. The average molecular weight is 346 g/mol. The summed E-state index contributed by atoms with van der Waals surface area (Å²) in [4.78, 5) is 13.5. The lowest BCUT2D eigenvalue weighted by Gasteiger charge is -2.25. The Balaban J connectivity index is 1.66. The second-order valence-corrected chi connectivity index (χ2v) is 6.62. The molecule has 132 valence electrons. The molecule has 4 rings (SSSR count). The fraction of sp³-hybridized carbons (Fsp3) is 0.286. The van der Waals surface area contributed by atoms with Gasteiger partial charge in [-0.2, -0.15) is 0 Å². The Kier molecular flexibility index (Phi) is 4.88. The quantitative estimate of drug-likeness (QED) is 0.755. The third kappa shape index (κ3) is 3.73. The van der Waals surface area contributed by atoms with Crippen molar-refractivity contribution in [1.29, 1.82) is 0 Å². The van der Waals surface area contributed by atoms with Crippen LogP contribution in [0.2, 0.25) is 0 Å². The molecule has 3 aromatic rings. The molecule has 2 atom stereocenters. The second kappa shape index (κ2) is 7.62. The molecule has 0 unspecified atom stereocenters. The highest BCUT2D eigenvalue weighted by molar-refractivity contribution is 5.56. The number of nitrogens with zero attached hydrogens (tertiary/aromatic N) is 3. The first kappa shape index (κ1) is 16.7. The largest absolute Gasteiger partial charge is 0.381 e. The molecule has 5 heteroatoms. The highest BCUT2D eigenvalue weighted by Gasteiger charge is 2.27. The average Bonchev–Trinajstić information content (AvgIpc) is 3.21. The van der Waals surface area contributed by atoms with Crippen LogP contribution < -0.4 is 5.32 Å². The van der Waals surface area contributed by atoms with Gasteiger partial charge in [-0.3, -0.25) is 4.98 Å². The maximum Gasteiger partial charge on any atom is 0.163 e. The van der Waals surface area contributed by atoms with E-state index in [-0.39, 0.29) is 6.04 Å². The number of hydrogen-bond acceptors (Lipinski definition) is 5. The molecule has 2 aromatic heterocycles. The fourth-order valence-electron chi connectivity index (χ4n) is 3.38. The number of hydrogen-bond donors (Lipinski definition) is 1. The molecular formula is C21H22N4O. The fourth-order valence-corrected chi connectivity index (χ4v) is 3.38. The van der Waals surface area contributed by atoms with E-state index in [0.29, 0.717) is 11.7 Å². The number of aromatic nitrogens is 3. The molecule has 1 aromatic carbocycles. The first-order chi connectivity index (χ1) is 12.8. The van der Waals surface area contributed by atoms with Gasteiger partial charge in [0.1, 0.15) is 5.82 Å². The van der Waals surface area contributed by atoms with Crippen molar-refractivity contribution in [3.05, 3.63) is 72.2 Å². The van der Waals surface area contributed by atoms with Crippen molar-refractivity contribution in [3.8, 4) is 11.4 Å². The highest BCUT2D eigenvalue weighted by atomic mass is 16.5. The number of nitrogens with one attached hydrogen (secondary N) is 1. The second-order valence-electron chi connectivity index (χ2n) is 6.62. The van der Waals surface area contributed by atoms with Crippen molar-refractivity contribution < 1.29 is 4.74 Å². The van der Waals surface area contributed by atoms with Crippen LogP contribution in [0.25, 0.3) is 11.4 Å². The first-order valence-electron chi connectivity index (χ1n) is 8.95. The predicted molar refractivity (Wildman–Crippen MR) is 102 cm³/mol. The lowest BCUT2D eigenvalue weighted by Crippen LogP contribution is -2.22. The van der Waals surface area contributed by atoms with Crippen LogP contribution in [0.3, 0.4) is 0 Å². The van der Waals surface area contributed by atoms with Crippen LogP contribution >= 0.6 is 0 Å². The molecule has 3 heterocycles. The number of rotatable bonds is 5. The smallest absolute Gasteiger partial charge is 0.163 e. The van der Waals surface area contributed by atoms with E-state index in [1.165, 1.54) is 5.56 Å². The Hall–Kier alpha value is -2.79. The zero-order valence-corrected chi connectivity index (χ0v) is 14.8. The van der Waals surface area contributed by atoms with E-state index in [2.05, 4.69) is 39.6 Å². The van der Waals surface area contributed by atoms with Crippen molar-refractivity contribution in [2.45, 2.75) is 19.4 Å². The summed E-state index contributed by atoms with van der Waals surface area (Å²) in [7, 11) is 0. The minimum Gasteiger partial charge on any atom is -0.381 e. The molecule has 0 spiro atoms. The molecule has 1 aliphatic rings. The monoisotopic (exact) mass is 346 g/mol. The van der Waals surface area contributed by atoms with E-state index in [1.54, 1.807) is 12.4 Å². The maximum atomic E-state index is 5.63. The van der Waals surface area contributed by atoms with Crippen LogP contribution in [0, 0.1) is 12.8 Å². The van der Waals surface area contributed by atoms with Gasteiger partial charge in [0, 0.05) is 42.2 Å². The van der Waals surface area contributed by atoms with Crippen LogP contribution in [0.5, 0.6) is 0 Å². The van der Waals surface area contributed by atoms with Gasteiger partial charge >= 0.3 is 0 Å². The van der Waals surface area contributed by atoms with Crippen LogP contribution in [0.1, 0.15) is 23.7 Å². The molecule has 0 amide bonds. The Bertz CT molecular complexity index is 848. The Morgan fingerprint density at radius 1 is 1.12 bits per heavy atom. The summed E-state index contributed by atoms with van der Waals surface area (Å²) in [5, 5.41) is 3.64. The minimum absolute atomic E-state index is 0.162. The number of benzene rings is 1. The maximum absolute atomic E-state index is 5.63. The summed E-state index contributed by atoms with van der Waals surface area (Å²) in [6.07, 6.45) is 4.59. The van der Waals surface area contributed by atoms with Crippen molar-refractivity contribution >= 4 is 5.82 Å². The van der Waals surface area contributed by atoms with Crippen LogP contribution in [-0.4, -0.2) is 28.2 Å². The molecule has 1 aliphatic heterocycles. The molecule has 1 fully saturated rings. The topological polar surface area (TPSA) is 59.9 Å². The van der Waals surface area contributed by atoms with Gasteiger partial charge in [0.25, 0.3) is 0 Å². The van der Waals surface area contributed by atoms with Crippen LogP contribution in [-0.2, 0) is 4.74 Å². The predicted octanol–water partition coefficient (Wildman–Crippen LogP) is 4.04. The van der Waals surface area contributed by atoms with Gasteiger partial charge in [0.2, 0.25) is 0 Å². The first-order valence-corrected chi connectivity index (χ1v) is 8.95. The number of ether oxygens (including phenoxy) is 1. The lowest BCUT2D eigenvalue weighted by molar-refractivity contribution is 0.182. The van der Waals surface area contributed by atoms with Gasteiger partial charge in [-0.15, -0.1) is 0 Å². The van der Waals surface area contributed by atoms with Gasteiger partial charge in [-0.1, -0.05) is 30.3 Å². The normalized spacial score (nSPS) is 17.8. The molecule has 5 nitrogen and oxygen atoms in total. The summed E-state index contributed by atoms with van der Waals surface area (Å²) in [6, 6.07) is 16.5. The Morgan fingerprint density at radius 2 is 2.00 bits per heavy atom. The van der Waals surface area contributed by atoms with Crippen molar-refractivity contribution in [3.63, 3.8) is 0 Å². The number of aryl methyl sites for hydroxylation is 1. The van der Waals surface area contributed by atoms with Gasteiger partial charge in [0.05, 0.1) is 12.6 Å².